The van der Waals surface area contributed by atoms with E-state index in [9.17, 15) is 13.6 Å². The van der Waals surface area contributed by atoms with Crippen LogP contribution < -0.4 is 14.5 Å². The van der Waals surface area contributed by atoms with Crippen molar-refractivity contribution in [3.05, 3.63) is 41.3 Å². The normalized spacial score (nSPS) is 19.8. The number of nitrogens with zero attached hydrogens (tertiary/aromatic N) is 2. The SMILES string of the molecule is COC(=O)C1=NN(c2cccc3c2OC(F)(F)O3)C=C(OC)C1=C1CC1. The van der Waals surface area contributed by atoms with Gasteiger partial charge in [-0.15, -0.1) is 8.78 Å². The molecular formula is C17H14F2N2O5. The Labute approximate surface area is 147 Å². The zero-order valence-electron chi connectivity index (χ0n) is 13.9. The molecule has 7 nitrogen and oxygen atoms in total. The number of hydrazone groups is 1. The molecule has 3 aliphatic rings. The Morgan fingerprint density at radius 3 is 2.69 bits per heavy atom. The molecule has 1 aromatic carbocycles. The molecule has 9 heteroatoms. The van der Waals surface area contributed by atoms with Gasteiger partial charge in [0, 0.05) is 0 Å². The highest BCUT2D eigenvalue weighted by molar-refractivity contribution is 6.45. The first-order chi connectivity index (χ1) is 12.4. The number of allylic oxidation sites excluding steroid dienone is 2. The van der Waals surface area contributed by atoms with Crippen molar-refractivity contribution in [1.82, 2.24) is 0 Å². The fourth-order valence-electron chi connectivity index (χ4n) is 2.79. The minimum Gasteiger partial charge on any atom is -0.494 e. The van der Waals surface area contributed by atoms with Crippen LogP contribution in [0, 0.1) is 0 Å². The molecule has 1 fully saturated rings. The Kier molecular flexibility index (Phi) is 3.60. The Morgan fingerprint density at radius 2 is 2.04 bits per heavy atom. The van der Waals surface area contributed by atoms with Crippen LogP contribution in [0.3, 0.4) is 0 Å². The summed E-state index contributed by atoms with van der Waals surface area (Å²) in [6.45, 7) is 0. The van der Waals surface area contributed by atoms with Gasteiger partial charge in [-0.2, -0.15) is 5.10 Å². The van der Waals surface area contributed by atoms with Gasteiger partial charge in [0.1, 0.15) is 11.4 Å². The summed E-state index contributed by atoms with van der Waals surface area (Å²) in [5.74, 6) is -0.570. The number of carbonyl (C=O) groups excluding carboxylic acids is 1. The molecule has 0 aromatic heterocycles. The summed E-state index contributed by atoms with van der Waals surface area (Å²) in [6.07, 6.45) is -0.605. The fraction of sp³-hybridized carbons (Fsp3) is 0.294. The fourth-order valence-corrected chi connectivity index (χ4v) is 2.79. The number of alkyl halides is 2. The van der Waals surface area contributed by atoms with E-state index < -0.39 is 12.3 Å². The van der Waals surface area contributed by atoms with E-state index in [2.05, 4.69) is 14.6 Å². The lowest BCUT2D eigenvalue weighted by molar-refractivity contribution is -0.286. The van der Waals surface area contributed by atoms with Crippen LogP contribution in [0.2, 0.25) is 0 Å². The van der Waals surface area contributed by atoms with Gasteiger partial charge in [0.15, 0.2) is 17.2 Å². The molecule has 136 valence electrons. The minimum atomic E-state index is -3.77. The number of methoxy groups -OCH3 is 2. The predicted molar refractivity (Wildman–Crippen MR) is 85.9 cm³/mol. The van der Waals surface area contributed by atoms with E-state index in [0.29, 0.717) is 11.3 Å². The van der Waals surface area contributed by atoms with Crippen LogP contribution in [0.15, 0.2) is 46.4 Å². The molecule has 0 bridgehead atoms. The first-order valence-corrected chi connectivity index (χ1v) is 7.77. The van der Waals surface area contributed by atoms with Crippen LogP contribution in [-0.4, -0.2) is 32.2 Å². The lowest BCUT2D eigenvalue weighted by Crippen LogP contribution is -2.29. The average Bonchev–Trinajstić information content (AvgIpc) is 3.40. The number of rotatable bonds is 3. The van der Waals surface area contributed by atoms with Crippen molar-refractivity contribution in [1.29, 1.82) is 0 Å². The van der Waals surface area contributed by atoms with E-state index in [1.807, 2.05) is 0 Å². The molecule has 2 heterocycles. The van der Waals surface area contributed by atoms with Gasteiger partial charge in [-0.25, -0.2) is 9.80 Å². The average molecular weight is 364 g/mol. The summed E-state index contributed by atoms with van der Waals surface area (Å²) in [5, 5.41) is 5.51. The second-order valence-electron chi connectivity index (χ2n) is 5.73. The summed E-state index contributed by atoms with van der Waals surface area (Å²) < 4.78 is 46.1. The maximum absolute atomic E-state index is 13.4. The number of fused-ring (bicyclic) bond motifs is 1. The summed E-state index contributed by atoms with van der Waals surface area (Å²) in [4.78, 5) is 12.2. The predicted octanol–water partition coefficient (Wildman–Crippen LogP) is 2.94. The number of para-hydroxylation sites is 1. The molecule has 26 heavy (non-hydrogen) atoms. The Bertz CT molecular complexity index is 885. The summed E-state index contributed by atoms with van der Waals surface area (Å²) in [7, 11) is 2.70. The van der Waals surface area contributed by atoms with Crippen molar-refractivity contribution < 1.29 is 32.5 Å². The zero-order valence-corrected chi connectivity index (χ0v) is 13.9. The number of carbonyl (C=O) groups is 1. The van der Waals surface area contributed by atoms with Crippen molar-refractivity contribution in [2.75, 3.05) is 19.2 Å². The molecule has 0 amide bonds. The van der Waals surface area contributed by atoms with Crippen molar-refractivity contribution in [2.24, 2.45) is 5.10 Å². The number of esters is 1. The quantitative estimate of drug-likeness (QED) is 0.768. The third-order valence-corrected chi connectivity index (χ3v) is 4.04. The van der Waals surface area contributed by atoms with E-state index in [0.717, 1.165) is 18.4 Å². The van der Waals surface area contributed by atoms with Crippen molar-refractivity contribution in [3.63, 3.8) is 0 Å². The summed E-state index contributed by atoms with van der Waals surface area (Å²) in [5.41, 5.74) is 1.81. The van der Waals surface area contributed by atoms with Crippen LogP contribution in [0.25, 0.3) is 0 Å². The van der Waals surface area contributed by atoms with Gasteiger partial charge < -0.3 is 18.9 Å². The molecule has 0 unspecified atom stereocenters. The first-order valence-electron chi connectivity index (χ1n) is 7.77. The van der Waals surface area contributed by atoms with E-state index in [1.54, 1.807) is 0 Å². The van der Waals surface area contributed by atoms with Gasteiger partial charge >= 0.3 is 12.3 Å². The van der Waals surface area contributed by atoms with Gasteiger partial charge in [-0.1, -0.05) is 11.6 Å². The summed E-state index contributed by atoms with van der Waals surface area (Å²) in [6, 6.07) is 4.38. The molecule has 0 radical (unpaired) electrons. The highest BCUT2D eigenvalue weighted by Gasteiger charge is 2.45. The van der Waals surface area contributed by atoms with Gasteiger partial charge in [-0.05, 0) is 25.0 Å². The zero-order chi connectivity index (χ0) is 18.5. The first kappa shape index (κ1) is 16.4. The van der Waals surface area contributed by atoms with Gasteiger partial charge in [0.25, 0.3) is 0 Å². The van der Waals surface area contributed by atoms with Gasteiger partial charge in [-0.3, -0.25) is 0 Å². The second kappa shape index (κ2) is 5.72. The second-order valence-corrected chi connectivity index (χ2v) is 5.73. The lowest BCUT2D eigenvalue weighted by atomic mass is 10.1. The summed E-state index contributed by atoms with van der Waals surface area (Å²) >= 11 is 0. The van der Waals surface area contributed by atoms with Crippen molar-refractivity contribution >= 4 is 17.4 Å². The van der Waals surface area contributed by atoms with Crippen molar-refractivity contribution in [3.8, 4) is 11.5 Å². The number of ether oxygens (including phenoxy) is 4. The monoisotopic (exact) mass is 364 g/mol. The molecule has 1 aliphatic carbocycles. The van der Waals surface area contributed by atoms with Gasteiger partial charge in [0.05, 0.1) is 26.0 Å². The smallest absolute Gasteiger partial charge is 0.494 e. The van der Waals surface area contributed by atoms with Crippen LogP contribution >= 0.6 is 0 Å². The lowest BCUT2D eigenvalue weighted by Gasteiger charge is -2.25. The molecule has 1 saturated carbocycles. The Hall–Kier alpha value is -3.10. The molecule has 4 rings (SSSR count). The third kappa shape index (κ3) is 2.65. The van der Waals surface area contributed by atoms with Crippen LogP contribution in [-0.2, 0) is 14.3 Å². The number of anilines is 1. The maximum atomic E-state index is 13.4. The molecule has 1 aromatic rings. The number of halogens is 2. The van der Waals surface area contributed by atoms with Crippen LogP contribution in [0.1, 0.15) is 12.8 Å². The highest BCUT2D eigenvalue weighted by atomic mass is 19.3. The van der Waals surface area contributed by atoms with Crippen LogP contribution in [0.5, 0.6) is 11.5 Å². The largest absolute Gasteiger partial charge is 0.586 e. The van der Waals surface area contributed by atoms with Gasteiger partial charge in [0.2, 0.25) is 0 Å². The Balaban J connectivity index is 1.82. The number of hydrogen-bond acceptors (Lipinski definition) is 7. The maximum Gasteiger partial charge on any atom is 0.586 e. The topological polar surface area (TPSA) is 69.6 Å². The highest BCUT2D eigenvalue weighted by Crippen LogP contribution is 2.48. The third-order valence-electron chi connectivity index (χ3n) is 4.04. The van der Waals surface area contributed by atoms with E-state index in [-0.39, 0.29) is 22.9 Å². The number of benzene rings is 1. The molecule has 0 saturated heterocycles. The number of hydrogen-bond donors (Lipinski definition) is 0. The standard InChI is InChI=1S/C17H14F2N2O5/c1-23-12-8-21(20-14(16(22)24-2)13(12)9-6-7-9)10-4-3-5-11-15(10)26-17(18,19)25-11/h3-5,8H,6-7H2,1-2H3. The van der Waals surface area contributed by atoms with E-state index >= 15 is 0 Å². The van der Waals surface area contributed by atoms with E-state index in [1.165, 1.54) is 43.6 Å². The molecule has 2 aliphatic heterocycles. The minimum absolute atomic E-state index is 0.0441. The molecular weight excluding hydrogens is 350 g/mol. The molecule has 0 spiro atoms. The Morgan fingerprint density at radius 1 is 1.27 bits per heavy atom. The van der Waals surface area contributed by atoms with Crippen LogP contribution in [0.4, 0.5) is 14.5 Å². The molecule has 0 N–H and O–H groups in total. The molecule has 0 atom stereocenters. The van der Waals surface area contributed by atoms with E-state index in [4.69, 9.17) is 9.47 Å². The van der Waals surface area contributed by atoms with Crippen molar-refractivity contribution in [2.45, 2.75) is 19.1 Å².